The molecule has 0 saturated heterocycles. The zero-order valence-corrected chi connectivity index (χ0v) is 13.4. The lowest BCUT2D eigenvalue weighted by Gasteiger charge is -2.29. The van der Waals surface area contributed by atoms with Crippen molar-refractivity contribution in [3.8, 4) is 0 Å². The molecule has 0 atom stereocenters. The first-order chi connectivity index (χ1) is 10.1. The molecule has 114 valence electrons. The first-order valence-corrected chi connectivity index (χ1v) is 8.42. The Morgan fingerprint density at radius 2 is 2.14 bits per heavy atom. The van der Waals surface area contributed by atoms with Gasteiger partial charge in [-0.2, -0.15) is 4.98 Å². The summed E-state index contributed by atoms with van der Waals surface area (Å²) in [6, 6.07) is 2.06. The molecule has 0 radical (unpaired) electrons. The number of nitrogens with zero attached hydrogens (tertiary/aromatic N) is 3. The monoisotopic (exact) mass is 306 g/mol. The van der Waals surface area contributed by atoms with Gasteiger partial charge in [0.05, 0.1) is 11.0 Å². The molecule has 2 N–H and O–H groups in total. The number of hydrogen-bond donors (Lipinski definition) is 2. The fraction of sp³-hybridized carbons (Fsp3) is 0.600. The van der Waals surface area contributed by atoms with Crippen LogP contribution in [0.1, 0.15) is 32.6 Å². The molecule has 2 heterocycles. The number of thiophene rings is 1. The van der Waals surface area contributed by atoms with Crippen molar-refractivity contribution in [3.63, 3.8) is 0 Å². The summed E-state index contributed by atoms with van der Waals surface area (Å²) in [7, 11) is 2.01. The van der Waals surface area contributed by atoms with Crippen LogP contribution in [-0.4, -0.2) is 40.8 Å². The summed E-state index contributed by atoms with van der Waals surface area (Å²) < 4.78 is 0. The van der Waals surface area contributed by atoms with Crippen LogP contribution in [0.2, 0.25) is 0 Å². The van der Waals surface area contributed by atoms with Gasteiger partial charge in [0.25, 0.3) is 0 Å². The van der Waals surface area contributed by atoms with Crippen molar-refractivity contribution in [2.75, 3.05) is 30.4 Å². The van der Waals surface area contributed by atoms with Crippen LogP contribution < -0.4 is 10.2 Å². The van der Waals surface area contributed by atoms with Crippen molar-refractivity contribution >= 4 is 33.3 Å². The Labute approximate surface area is 129 Å². The fourth-order valence-corrected chi connectivity index (χ4v) is 3.83. The van der Waals surface area contributed by atoms with Gasteiger partial charge in [-0.05, 0) is 31.2 Å². The molecule has 5 nitrogen and oxygen atoms in total. The lowest BCUT2D eigenvalue weighted by molar-refractivity contribution is 0.0558. The molecule has 1 saturated carbocycles. The minimum atomic E-state index is -0.569. The second-order valence-electron chi connectivity index (χ2n) is 5.83. The molecule has 1 aliphatic carbocycles. The van der Waals surface area contributed by atoms with Gasteiger partial charge in [0.15, 0.2) is 0 Å². The van der Waals surface area contributed by atoms with Crippen LogP contribution in [0.4, 0.5) is 11.8 Å². The predicted octanol–water partition coefficient (Wildman–Crippen LogP) is 2.86. The van der Waals surface area contributed by atoms with Crippen LogP contribution >= 0.6 is 11.3 Å². The van der Waals surface area contributed by atoms with Gasteiger partial charge in [0.2, 0.25) is 5.95 Å². The van der Waals surface area contributed by atoms with Gasteiger partial charge >= 0.3 is 0 Å². The molecule has 3 rings (SSSR count). The third kappa shape index (κ3) is 2.96. The van der Waals surface area contributed by atoms with Gasteiger partial charge in [0, 0.05) is 20.1 Å². The van der Waals surface area contributed by atoms with E-state index >= 15 is 0 Å². The van der Waals surface area contributed by atoms with Crippen LogP contribution in [0.3, 0.4) is 0 Å². The summed E-state index contributed by atoms with van der Waals surface area (Å²) in [4.78, 5) is 12.2. The largest absolute Gasteiger partial charge is 0.388 e. The van der Waals surface area contributed by atoms with Crippen molar-refractivity contribution in [1.82, 2.24) is 9.97 Å². The van der Waals surface area contributed by atoms with Gasteiger partial charge in [-0.1, -0.05) is 12.8 Å². The van der Waals surface area contributed by atoms with Crippen LogP contribution in [-0.2, 0) is 0 Å². The van der Waals surface area contributed by atoms with Gasteiger partial charge in [-0.15, -0.1) is 11.3 Å². The third-order valence-corrected chi connectivity index (χ3v) is 4.87. The van der Waals surface area contributed by atoms with Crippen LogP contribution in [0.5, 0.6) is 0 Å². The van der Waals surface area contributed by atoms with E-state index < -0.39 is 5.60 Å². The van der Waals surface area contributed by atoms with Crippen molar-refractivity contribution < 1.29 is 5.11 Å². The number of fused-ring (bicyclic) bond motifs is 1. The van der Waals surface area contributed by atoms with Crippen molar-refractivity contribution in [2.45, 2.75) is 38.2 Å². The first-order valence-electron chi connectivity index (χ1n) is 7.54. The second-order valence-corrected chi connectivity index (χ2v) is 6.72. The molecule has 1 fully saturated rings. The number of nitrogens with one attached hydrogen (secondary N) is 1. The minimum absolute atomic E-state index is 0.569. The number of aromatic nitrogens is 2. The average Bonchev–Trinajstić information content (AvgIpc) is 3.07. The Balaban J connectivity index is 1.92. The van der Waals surface area contributed by atoms with E-state index in [-0.39, 0.29) is 0 Å². The lowest BCUT2D eigenvalue weighted by Crippen LogP contribution is -2.39. The average molecular weight is 306 g/mol. The van der Waals surface area contributed by atoms with Gasteiger partial charge in [0.1, 0.15) is 10.6 Å². The topological polar surface area (TPSA) is 61.3 Å². The molecule has 0 aliphatic heterocycles. The van der Waals surface area contributed by atoms with Crippen LogP contribution in [0.15, 0.2) is 11.4 Å². The molecule has 21 heavy (non-hydrogen) atoms. The molecule has 0 spiro atoms. The van der Waals surface area contributed by atoms with E-state index in [0.717, 1.165) is 48.3 Å². The highest BCUT2D eigenvalue weighted by molar-refractivity contribution is 7.16. The van der Waals surface area contributed by atoms with E-state index in [1.54, 1.807) is 11.3 Å². The maximum absolute atomic E-state index is 10.6. The van der Waals surface area contributed by atoms with Gasteiger partial charge in [-0.3, -0.25) is 0 Å². The zero-order valence-electron chi connectivity index (χ0n) is 12.6. The molecular weight excluding hydrogens is 284 g/mol. The Morgan fingerprint density at radius 1 is 1.38 bits per heavy atom. The normalized spacial score (nSPS) is 17.3. The maximum Gasteiger partial charge on any atom is 0.226 e. The third-order valence-electron chi connectivity index (χ3n) is 4.07. The highest BCUT2D eigenvalue weighted by atomic mass is 32.1. The van der Waals surface area contributed by atoms with E-state index in [1.807, 2.05) is 19.4 Å². The second kappa shape index (κ2) is 5.77. The van der Waals surface area contributed by atoms with Crippen molar-refractivity contribution in [1.29, 1.82) is 0 Å². The Hall–Kier alpha value is -1.40. The first kappa shape index (κ1) is 14.5. The molecule has 1 aliphatic rings. The number of likely N-dealkylation sites (N-methyl/N-ethyl adjacent to an activating group) is 1. The van der Waals surface area contributed by atoms with Crippen LogP contribution in [0.25, 0.3) is 10.2 Å². The molecule has 0 amide bonds. The molecular formula is C15H22N4OS. The van der Waals surface area contributed by atoms with E-state index in [4.69, 9.17) is 0 Å². The van der Waals surface area contributed by atoms with E-state index in [1.165, 1.54) is 0 Å². The molecule has 0 bridgehead atoms. The van der Waals surface area contributed by atoms with E-state index in [0.29, 0.717) is 12.5 Å². The highest BCUT2D eigenvalue weighted by Crippen LogP contribution is 2.33. The molecule has 6 heteroatoms. The fourth-order valence-electron chi connectivity index (χ4n) is 3.08. The summed E-state index contributed by atoms with van der Waals surface area (Å²) in [6.07, 6.45) is 4.00. The summed E-state index contributed by atoms with van der Waals surface area (Å²) in [6.45, 7) is 3.46. The summed E-state index contributed by atoms with van der Waals surface area (Å²) in [5.41, 5.74) is -0.569. The smallest absolute Gasteiger partial charge is 0.226 e. The quantitative estimate of drug-likeness (QED) is 0.889. The van der Waals surface area contributed by atoms with Gasteiger partial charge in [-0.25, -0.2) is 4.98 Å². The van der Waals surface area contributed by atoms with Crippen LogP contribution in [0, 0.1) is 0 Å². The Kier molecular flexibility index (Phi) is 3.99. The summed E-state index contributed by atoms with van der Waals surface area (Å²) >= 11 is 1.62. The summed E-state index contributed by atoms with van der Waals surface area (Å²) in [5, 5.41) is 16.9. The molecule has 0 unspecified atom stereocenters. The standard InChI is InChI=1S/C15H22N4OS/c1-3-16-14-17-12(11-6-9-21-13(11)18-14)19(2)10-15(20)7-4-5-8-15/h6,9,20H,3-5,7-8,10H2,1-2H3,(H,16,17,18). The zero-order chi connectivity index (χ0) is 14.9. The SMILES string of the molecule is CCNc1nc(N(C)CC2(O)CCCC2)c2ccsc2n1. The van der Waals surface area contributed by atoms with Crippen molar-refractivity contribution in [2.24, 2.45) is 0 Å². The number of anilines is 2. The highest BCUT2D eigenvalue weighted by Gasteiger charge is 2.33. The molecule has 0 aromatic carbocycles. The minimum Gasteiger partial charge on any atom is -0.388 e. The number of aliphatic hydroxyl groups is 1. The lowest BCUT2D eigenvalue weighted by atomic mass is 10.0. The summed E-state index contributed by atoms with van der Waals surface area (Å²) in [5.74, 6) is 1.56. The Morgan fingerprint density at radius 3 is 2.86 bits per heavy atom. The van der Waals surface area contributed by atoms with Gasteiger partial charge < -0.3 is 15.3 Å². The van der Waals surface area contributed by atoms with E-state index in [9.17, 15) is 5.11 Å². The van der Waals surface area contributed by atoms with Crippen molar-refractivity contribution in [3.05, 3.63) is 11.4 Å². The van der Waals surface area contributed by atoms with E-state index in [2.05, 4.69) is 26.3 Å². The number of hydrogen-bond acceptors (Lipinski definition) is 6. The Bertz CT molecular complexity index is 621. The number of rotatable bonds is 5. The maximum atomic E-state index is 10.6. The molecule has 2 aromatic heterocycles. The predicted molar refractivity (Wildman–Crippen MR) is 88.3 cm³/mol. The molecule has 2 aromatic rings.